The molecule has 1 N–H and O–H groups in total. The molecular weight excluding hydrogens is 322 g/mol. The van der Waals surface area contributed by atoms with Crippen LogP contribution in [0, 0.1) is 5.92 Å². The molecule has 0 spiro atoms. The van der Waals surface area contributed by atoms with E-state index in [1.165, 1.54) is 19.3 Å². The number of hydrogen-bond acceptors (Lipinski definition) is 2. The van der Waals surface area contributed by atoms with Crippen molar-refractivity contribution < 1.29 is 9.90 Å². The summed E-state index contributed by atoms with van der Waals surface area (Å²) in [5, 5.41) is 10.3. The molecule has 1 atom stereocenters. The fourth-order valence-corrected chi connectivity index (χ4v) is 5.05. The summed E-state index contributed by atoms with van der Waals surface area (Å²) in [7, 11) is 0. The fraction of sp³-hybridized carbons (Fsp3) is 0.435. The summed E-state index contributed by atoms with van der Waals surface area (Å²) in [5.41, 5.74) is 1.21. The average molecular weight is 349 g/mol. The van der Waals surface area contributed by atoms with Crippen LogP contribution in [0.4, 0.5) is 0 Å². The Bertz CT molecular complexity index is 698. The van der Waals surface area contributed by atoms with E-state index < -0.39 is 5.41 Å². The monoisotopic (exact) mass is 349 g/mol. The fourth-order valence-electron chi connectivity index (χ4n) is 5.05. The van der Waals surface area contributed by atoms with Crippen molar-refractivity contribution in [2.24, 2.45) is 5.92 Å². The van der Waals surface area contributed by atoms with E-state index in [2.05, 4.69) is 4.90 Å². The topological polar surface area (TPSA) is 40.5 Å². The normalized spacial score (nSPS) is 23.3. The third-order valence-corrected chi connectivity index (χ3v) is 6.32. The van der Waals surface area contributed by atoms with Gasteiger partial charge in [-0.05, 0) is 24.0 Å². The molecule has 4 rings (SSSR count). The second kappa shape index (κ2) is 7.24. The van der Waals surface area contributed by atoms with Gasteiger partial charge < -0.3 is 10.0 Å². The van der Waals surface area contributed by atoms with Crippen LogP contribution in [0.5, 0.6) is 0 Å². The first kappa shape index (κ1) is 17.3. The smallest absolute Gasteiger partial charge is 0.238 e. The van der Waals surface area contributed by atoms with Crippen molar-refractivity contribution >= 4 is 5.91 Å². The van der Waals surface area contributed by atoms with Crippen LogP contribution in [0.3, 0.4) is 0 Å². The third-order valence-electron chi connectivity index (χ3n) is 6.32. The van der Waals surface area contributed by atoms with E-state index in [1.807, 2.05) is 60.7 Å². The van der Waals surface area contributed by atoms with Gasteiger partial charge in [-0.2, -0.15) is 0 Å². The Morgan fingerprint density at radius 3 is 1.92 bits per heavy atom. The Labute approximate surface area is 155 Å². The van der Waals surface area contributed by atoms with Gasteiger partial charge in [0.05, 0.1) is 0 Å². The van der Waals surface area contributed by atoms with Crippen molar-refractivity contribution in [3.8, 4) is 0 Å². The van der Waals surface area contributed by atoms with Crippen molar-refractivity contribution in [1.29, 1.82) is 0 Å². The van der Waals surface area contributed by atoms with Crippen molar-refractivity contribution in [2.45, 2.75) is 43.6 Å². The van der Waals surface area contributed by atoms with Crippen molar-refractivity contribution in [3.63, 3.8) is 0 Å². The molecule has 2 aliphatic rings. The number of carbonyl (C=O) groups is 1. The number of likely N-dealkylation sites (tertiary alicyclic amines) is 1. The van der Waals surface area contributed by atoms with Crippen LogP contribution in [-0.2, 0) is 10.2 Å². The molecule has 26 heavy (non-hydrogen) atoms. The Morgan fingerprint density at radius 1 is 0.885 bits per heavy atom. The minimum Gasteiger partial charge on any atom is -0.396 e. The minimum absolute atomic E-state index is 0.0126. The van der Waals surface area contributed by atoms with E-state index in [0.717, 1.165) is 24.0 Å². The number of aliphatic hydroxyl groups is 1. The molecule has 1 unspecified atom stereocenters. The Kier molecular flexibility index (Phi) is 4.82. The summed E-state index contributed by atoms with van der Waals surface area (Å²) in [6, 6.07) is 20.4. The minimum atomic E-state index is -0.783. The summed E-state index contributed by atoms with van der Waals surface area (Å²) in [5.74, 6) is 0.0441. The molecule has 3 nitrogen and oxygen atoms in total. The molecule has 136 valence electrons. The molecular formula is C23H27NO2. The highest BCUT2D eigenvalue weighted by Gasteiger charge is 2.57. The first-order valence-electron chi connectivity index (χ1n) is 9.81. The van der Waals surface area contributed by atoms with Crippen molar-refractivity contribution in [2.75, 3.05) is 13.2 Å². The molecule has 3 heteroatoms. The van der Waals surface area contributed by atoms with Gasteiger partial charge in [-0.25, -0.2) is 0 Å². The maximum Gasteiger partial charge on any atom is 0.238 e. The van der Waals surface area contributed by atoms with E-state index in [0.29, 0.717) is 12.6 Å². The van der Waals surface area contributed by atoms with Crippen LogP contribution in [0.25, 0.3) is 0 Å². The highest BCUT2D eigenvalue weighted by Crippen LogP contribution is 2.47. The largest absolute Gasteiger partial charge is 0.396 e. The standard InChI is InChI=1S/C23H27NO2/c25-17-20-16-24(21-14-8-3-9-15-21)22(26)23(20,18-10-4-1-5-11-18)19-12-6-2-7-13-19/h1-2,4-7,10-13,20-21,25H,3,8-9,14-17H2. The summed E-state index contributed by atoms with van der Waals surface area (Å²) in [6.45, 7) is 0.655. The summed E-state index contributed by atoms with van der Waals surface area (Å²) in [6.07, 6.45) is 5.83. The summed E-state index contributed by atoms with van der Waals surface area (Å²) in [4.78, 5) is 16.0. The number of amides is 1. The van der Waals surface area contributed by atoms with Crippen LogP contribution in [0.1, 0.15) is 43.2 Å². The molecule has 2 aromatic rings. The molecule has 2 aromatic carbocycles. The van der Waals surface area contributed by atoms with Crippen LogP contribution in [0.15, 0.2) is 60.7 Å². The average Bonchev–Trinajstić information content (AvgIpc) is 3.03. The Morgan fingerprint density at radius 2 is 1.42 bits per heavy atom. The molecule has 1 amide bonds. The van der Waals surface area contributed by atoms with Crippen molar-refractivity contribution in [3.05, 3.63) is 71.8 Å². The van der Waals surface area contributed by atoms with Crippen molar-refractivity contribution in [1.82, 2.24) is 4.90 Å². The number of aliphatic hydroxyl groups excluding tert-OH is 1. The zero-order chi connectivity index (χ0) is 18.0. The molecule has 1 saturated carbocycles. The predicted molar refractivity (Wildman–Crippen MR) is 103 cm³/mol. The molecule has 0 radical (unpaired) electrons. The first-order chi connectivity index (χ1) is 12.8. The number of benzene rings is 2. The molecule has 1 aliphatic heterocycles. The highest BCUT2D eigenvalue weighted by molar-refractivity contribution is 5.95. The lowest BCUT2D eigenvalue weighted by atomic mass is 9.67. The van der Waals surface area contributed by atoms with Gasteiger partial charge in [0, 0.05) is 25.1 Å². The lowest BCUT2D eigenvalue weighted by molar-refractivity contribution is -0.134. The summed E-state index contributed by atoms with van der Waals surface area (Å²) < 4.78 is 0. The van der Waals surface area contributed by atoms with Crippen LogP contribution in [0.2, 0.25) is 0 Å². The van der Waals surface area contributed by atoms with E-state index in [-0.39, 0.29) is 18.4 Å². The van der Waals surface area contributed by atoms with Gasteiger partial charge in [-0.3, -0.25) is 4.79 Å². The van der Waals surface area contributed by atoms with E-state index in [4.69, 9.17) is 0 Å². The third kappa shape index (κ3) is 2.66. The van der Waals surface area contributed by atoms with Gasteiger partial charge >= 0.3 is 0 Å². The second-order valence-corrected chi connectivity index (χ2v) is 7.67. The zero-order valence-electron chi connectivity index (χ0n) is 15.2. The Hall–Kier alpha value is -2.13. The van der Waals surface area contributed by atoms with E-state index in [1.54, 1.807) is 0 Å². The lowest BCUT2D eigenvalue weighted by Crippen LogP contribution is -2.45. The molecule has 0 bridgehead atoms. The maximum atomic E-state index is 13.9. The van der Waals surface area contributed by atoms with Gasteiger partial charge in [0.25, 0.3) is 0 Å². The summed E-state index contributed by atoms with van der Waals surface area (Å²) >= 11 is 0. The van der Waals surface area contributed by atoms with Gasteiger partial charge in [0.2, 0.25) is 5.91 Å². The van der Waals surface area contributed by atoms with E-state index in [9.17, 15) is 9.90 Å². The van der Waals surface area contributed by atoms with Gasteiger partial charge in [0.15, 0.2) is 0 Å². The number of nitrogens with zero attached hydrogens (tertiary/aromatic N) is 1. The molecule has 0 aromatic heterocycles. The van der Waals surface area contributed by atoms with Gasteiger partial charge in [0.1, 0.15) is 5.41 Å². The van der Waals surface area contributed by atoms with Gasteiger partial charge in [-0.15, -0.1) is 0 Å². The van der Waals surface area contributed by atoms with Crippen LogP contribution in [-0.4, -0.2) is 35.1 Å². The lowest BCUT2D eigenvalue weighted by Gasteiger charge is -2.35. The Balaban J connectivity index is 1.85. The molecule has 1 aliphatic carbocycles. The molecule has 1 heterocycles. The van der Waals surface area contributed by atoms with Gasteiger partial charge in [-0.1, -0.05) is 79.9 Å². The SMILES string of the molecule is O=C1N(C2CCCCC2)CC(CO)C1(c1ccccc1)c1ccccc1. The predicted octanol–water partition coefficient (Wildman–Crippen LogP) is 3.76. The quantitative estimate of drug-likeness (QED) is 0.913. The highest BCUT2D eigenvalue weighted by atomic mass is 16.3. The number of rotatable bonds is 4. The van der Waals surface area contributed by atoms with Crippen LogP contribution >= 0.6 is 0 Å². The second-order valence-electron chi connectivity index (χ2n) is 7.67. The number of hydrogen-bond donors (Lipinski definition) is 1. The molecule has 1 saturated heterocycles. The zero-order valence-corrected chi connectivity index (χ0v) is 15.2. The first-order valence-corrected chi connectivity index (χ1v) is 9.81. The number of carbonyl (C=O) groups excluding carboxylic acids is 1. The molecule has 2 fully saturated rings. The van der Waals surface area contributed by atoms with E-state index >= 15 is 0 Å². The van der Waals surface area contributed by atoms with Crippen LogP contribution < -0.4 is 0 Å². The maximum absolute atomic E-state index is 13.9.